The molecule has 1 fully saturated rings. The van der Waals surface area contributed by atoms with Gasteiger partial charge in [0.1, 0.15) is 0 Å². The lowest BCUT2D eigenvalue weighted by Crippen LogP contribution is -2.39. The first-order valence-electron chi connectivity index (χ1n) is 7.13. The second kappa shape index (κ2) is 5.95. The lowest BCUT2D eigenvalue weighted by molar-refractivity contribution is 0.273. The van der Waals surface area contributed by atoms with Gasteiger partial charge in [-0.3, -0.25) is 0 Å². The molecule has 0 radical (unpaired) electrons. The Kier molecular flexibility index (Phi) is 4.20. The maximum Gasteiger partial charge on any atom is 0.231 e. The largest absolute Gasteiger partial charge is 0.339 e. The number of nitrogens with zero attached hydrogens (tertiary/aromatic N) is 2. The molecule has 1 aliphatic rings. The van der Waals surface area contributed by atoms with Crippen LogP contribution in [0.2, 0.25) is 10.0 Å². The van der Waals surface area contributed by atoms with Gasteiger partial charge in [-0.25, -0.2) is 0 Å². The van der Waals surface area contributed by atoms with Crippen molar-refractivity contribution in [1.82, 2.24) is 10.1 Å². The Morgan fingerprint density at radius 1 is 1.14 bits per heavy atom. The molecule has 0 unspecified atom stereocenters. The zero-order valence-electron chi connectivity index (χ0n) is 11.6. The van der Waals surface area contributed by atoms with Crippen LogP contribution in [0.1, 0.15) is 49.4 Å². The number of nitrogens with two attached hydrogens (primary N) is 1. The van der Waals surface area contributed by atoms with Crippen LogP contribution in [0, 0.1) is 0 Å². The van der Waals surface area contributed by atoms with Gasteiger partial charge in [0.2, 0.25) is 5.89 Å². The van der Waals surface area contributed by atoms with Crippen LogP contribution in [-0.2, 0) is 12.0 Å². The van der Waals surface area contributed by atoms with Crippen molar-refractivity contribution in [1.29, 1.82) is 0 Å². The van der Waals surface area contributed by atoms with Crippen LogP contribution in [-0.4, -0.2) is 10.1 Å². The van der Waals surface area contributed by atoms with E-state index in [4.69, 9.17) is 33.5 Å². The molecule has 1 heterocycles. The van der Waals surface area contributed by atoms with E-state index in [0.717, 1.165) is 31.2 Å². The normalized spacial score (nSPS) is 17.9. The van der Waals surface area contributed by atoms with Gasteiger partial charge >= 0.3 is 0 Å². The van der Waals surface area contributed by atoms with Gasteiger partial charge in [-0.1, -0.05) is 53.7 Å². The van der Waals surface area contributed by atoms with Crippen LogP contribution in [0.5, 0.6) is 0 Å². The van der Waals surface area contributed by atoms with Gasteiger partial charge in [-0.2, -0.15) is 4.98 Å². The van der Waals surface area contributed by atoms with E-state index < -0.39 is 5.54 Å². The van der Waals surface area contributed by atoms with Crippen molar-refractivity contribution in [3.8, 4) is 0 Å². The fourth-order valence-electron chi connectivity index (χ4n) is 2.76. The molecule has 0 atom stereocenters. The fourth-order valence-corrected chi connectivity index (χ4v) is 3.08. The van der Waals surface area contributed by atoms with Crippen LogP contribution >= 0.6 is 23.2 Å². The molecule has 112 valence electrons. The molecular weight excluding hydrogens is 309 g/mol. The summed E-state index contributed by atoms with van der Waals surface area (Å²) in [6.07, 6.45) is 5.82. The van der Waals surface area contributed by atoms with Crippen molar-refractivity contribution >= 4 is 23.2 Å². The molecule has 2 N–H and O–H groups in total. The van der Waals surface area contributed by atoms with Crippen LogP contribution in [0.3, 0.4) is 0 Å². The summed E-state index contributed by atoms with van der Waals surface area (Å²) in [7, 11) is 0. The number of rotatable bonds is 3. The molecule has 21 heavy (non-hydrogen) atoms. The number of aromatic nitrogens is 2. The minimum Gasteiger partial charge on any atom is -0.339 e. The van der Waals surface area contributed by atoms with Gasteiger partial charge in [0.25, 0.3) is 0 Å². The van der Waals surface area contributed by atoms with E-state index in [1.54, 1.807) is 6.07 Å². The number of hydrogen-bond acceptors (Lipinski definition) is 4. The highest BCUT2D eigenvalue weighted by atomic mass is 35.5. The summed E-state index contributed by atoms with van der Waals surface area (Å²) in [6, 6.07) is 5.48. The summed E-state index contributed by atoms with van der Waals surface area (Å²) < 4.78 is 5.34. The summed E-state index contributed by atoms with van der Waals surface area (Å²) >= 11 is 11.9. The van der Waals surface area contributed by atoms with Crippen molar-refractivity contribution in [2.45, 2.75) is 44.1 Å². The van der Waals surface area contributed by atoms with Crippen molar-refractivity contribution < 1.29 is 4.52 Å². The average Bonchev–Trinajstić information content (AvgIpc) is 2.93. The van der Waals surface area contributed by atoms with Crippen LogP contribution < -0.4 is 5.73 Å². The molecule has 2 aromatic rings. The Balaban J connectivity index is 1.77. The summed E-state index contributed by atoms with van der Waals surface area (Å²) in [5, 5.41) is 5.14. The summed E-state index contributed by atoms with van der Waals surface area (Å²) in [5.74, 6) is 1.18. The molecule has 1 saturated carbocycles. The molecule has 0 aliphatic heterocycles. The third-order valence-corrected chi connectivity index (χ3v) is 4.74. The molecule has 3 rings (SSSR count). The summed E-state index contributed by atoms with van der Waals surface area (Å²) in [6.45, 7) is 0. The maximum atomic E-state index is 6.41. The van der Waals surface area contributed by atoms with Crippen LogP contribution in [0.4, 0.5) is 0 Å². The van der Waals surface area contributed by atoms with E-state index in [-0.39, 0.29) is 0 Å². The molecular formula is C15H17Cl2N3O. The Hall–Kier alpha value is -1.10. The molecule has 0 spiro atoms. The molecule has 1 aromatic heterocycles. The Morgan fingerprint density at radius 3 is 2.62 bits per heavy atom. The van der Waals surface area contributed by atoms with Gasteiger partial charge in [0, 0.05) is 0 Å². The third kappa shape index (κ3) is 3.23. The van der Waals surface area contributed by atoms with Gasteiger partial charge in [0.15, 0.2) is 5.82 Å². The highest BCUT2D eigenvalue weighted by Gasteiger charge is 2.34. The minimum absolute atomic E-state index is 0.433. The average molecular weight is 326 g/mol. The molecule has 1 aromatic carbocycles. The molecule has 0 bridgehead atoms. The first-order valence-corrected chi connectivity index (χ1v) is 7.88. The van der Waals surface area contributed by atoms with Crippen molar-refractivity contribution in [2.75, 3.05) is 0 Å². The van der Waals surface area contributed by atoms with Gasteiger partial charge < -0.3 is 10.3 Å². The van der Waals surface area contributed by atoms with Crippen molar-refractivity contribution in [3.63, 3.8) is 0 Å². The van der Waals surface area contributed by atoms with E-state index in [1.807, 2.05) is 12.1 Å². The summed E-state index contributed by atoms with van der Waals surface area (Å²) in [5.41, 5.74) is 6.96. The molecule has 6 heteroatoms. The monoisotopic (exact) mass is 325 g/mol. The third-order valence-electron chi connectivity index (χ3n) is 4.00. The molecule has 0 saturated heterocycles. The van der Waals surface area contributed by atoms with Gasteiger partial charge in [0.05, 0.1) is 22.0 Å². The fraction of sp³-hybridized carbons (Fsp3) is 0.467. The van der Waals surface area contributed by atoms with E-state index in [1.165, 1.54) is 6.42 Å². The van der Waals surface area contributed by atoms with Crippen LogP contribution in [0.15, 0.2) is 22.7 Å². The quantitative estimate of drug-likeness (QED) is 0.923. The smallest absolute Gasteiger partial charge is 0.231 e. The second-order valence-electron chi connectivity index (χ2n) is 5.65. The SMILES string of the molecule is NC1(c2noc(Cc3ccc(Cl)c(Cl)c3)n2)CCCCC1. The van der Waals surface area contributed by atoms with Gasteiger partial charge in [-0.15, -0.1) is 0 Å². The number of hydrogen-bond donors (Lipinski definition) is 1. The Bertz CT molecular complexity index is 636. The van der Waals surface area contributed by atoms with Crippen molar-refractivity contribution in [2.24, 2.45) is 5.73 Å². The summed E-state index contributed by atoms with van der Waals surface area (Å²) in [4.78, 5) is 4.47. The first kappa shape index (κ1) is 14.8. The second-order valence-corrected chi connectivity index (χ2v) is 6.47. The lowest BCUT2D eigenvalue weighted by atomic mass is 9.82. The number of halogens is 2. The maximum absolute atomic E-state index is 6.41. The predicted octanol–water partition coefficient (Wildman–Crippen LogP) is 4.09. The van der Waals surface area contributed by atoms with Crippen molar-refractivity contribution in [3.05, 3.63) is 45.5 Å². The standard InChI is InChI=1S/C15H17Cl2N3O/c16-11-5-4-10(8-12(11)17)9-13-19-14(20-21-13)15(18)6-2-1-3-7-15/h4-5,8H,1-3,6-7,9,18H2. The predicted molar refractivity (Wildman–Crippen MR) is 82.5 cm³/mol. The van der Waals surface area contributed by atoms with Gasteiger partial charge in [-0.05, 0) is 30.5 Å². The first-order chi connectivity index (χ1) is 10.1. The highest BCUT2D eigenvalue weighted by Crippen LogP contribution is 2.33. The topological polar surface area (TPSA) is 64.9 Å². The Labute approximate surface area is 133 Å². The Morgan fingerprint density at radius 2 is 1.90 bits per heavy atom. The van der Waals surface area contributed by atoms with E-state index in [9.17, 15) is 0 Å². The van der Waals surface area contributed by atoms with E-state index >= 15 is 0 Å². The number of benzene rings is 1. The molecule has 0 amide bonds. The molecule has 1 aliphatic carbocycles. The highest BCUT2D eigenvalue weighted by molar-refractivity contribution is 6.42. The molecule has 4 nitrogen and oxygen atoms in total. The lowest BCUT2D eigenvalue weighted by Gasteiger charge is -2.29. The zero-order chi connectivity index (χ0) is 14.9. The van der Waals surface area contributed by atoms with Crippen LogP contribution in [0.25, 0.3) is 0 Å². The van der Waals surface area contributed by atoms with E-state index in [2.05, 4.69) is 10.1 Å². The minimum atomic E-state index is -0.433. The zero-order valence-corrected chi connectivity index (χ0v) is 13.1. The van der Waals surface area contributed by atoms with E-state index in [0.29, 0.717) is 28.2 Å².